The summed E-state index contributed by atoms with van der Waals surface area (Å²) in [4.78, 5) is 12.4. The van der Waals surface area contributed by atoms with Crippen LogP contribution in [-0.4, -0.2) is 19.9 Å². The standard InChI is InChI=1S/C16H13NO4/c1-17-14-6-11(19)7-15(20)13(14)8-12(16(17)21)9-2-4-10(18)5-3-9/h2-8,18-20H,1H3. The van der Waals surface area contributed by atoms with Gasteiger partial charge in [-0.05, 0) is 23.8 Å². The molecule has 0 spiro atoms. The SMILES string of the molecule is Cn1c(=O)c(-c2ccc(O)cc2)cc2c(O)cc(O)cc21. The van der Waals surface area contributed by atoms with Gasteiger partial charge >= 0.3 is 0 Å². The minimum atomic E-state index is -0.252. The Kier molecular flexibility index (Phi) is 2.83. The Balaban J connectivity index is 2.37. The van der Waals surface area contributed by atoms with Crippen LogP contribution in [0.15, 0.2) is 47.3 Å². The van der Waals surface area contributed by atoms with Gasteiger partial charge in [0.25, 0.3) is 5.56 Å². The molecule has 21 heavy (non-hydrogen) atoms. The van der Waals surface area contributed by atoms with E-state index >= 15 is 0 Å². The summed E-state index contributed by atoms with van der Waals surface area (Å²) in [5.41, 5.74) is 1.24. The highest BCUT2D eigenvalue weighted by Crippen LogP contribution is 2.31. The third-order valence-corrected chi connectivity index (χ3v) is 3.48. The number of phenolic OH excluding ortho intramolecular Hbond substituents is 3. The molecule has 1 heterocycles. The van der Waals surface area contributed by atoms with Crippen molar-refractivity contribution in [3.05, 3.63) is 52.8 Å². The first-order valence-corrected chi connectivity index (χ1v) is 6.32. The number of hydrogen-bond donors (Lipinski definition) is 3. The zero-order chi connectivity index (χ0) is 15.1. The molecule has 0 aliphatic carbocycles. The Labute approximate surface area is 120 Å². The van der Waals surface area contributed by atoms with Gasteiger partial charge in [-0.1, -0.05) is 12.1 Å². The normalized spacial score (nSPS) is 10.9. The molecule has 106 valence electrons. The van der Waals surface area contributed by atoms with Crippen molar-refractivity contribution in [1.82, 2.24) is 4.57 Å². The summed E-state index contributed by atoms with van der Waals surface area (Å²) < 4.78 is 1.37. The van der Waals surface area contributed by atoms with Crippen molar-refractivity contribution in [3.8, 4) is 28.4 Å². The highest BCUT2D eigenvalue weighted by Gasteiger charge is 2.12. The molecule has 0 saturated heterocycles. The van der Waals surface area contributed by atoms with E-state index in [9.17, 15) is 20.1 Å². The fourth-order valence-electron chi connectivity index (χ4n) is 2.38. The molecule has 0 unspecified atom stereocenters. The van der Waals surface area contributed by atoms with Crippen molar-refractivity contribution in [3.63, 3.8) is 0 Å². The van der Waals surface area contributed by atoms with Crippen molar-refractivity contribution in [2.45, 2.75) is 0 Å². The number of pyridine rings is 1. The van der Waals surface area contributed by atoms with Crippen molar-refractivity contribution in [2.75, 3.05) is 0 Å². The van der Waals surface area contributed by atoms with Crippen molar-refractivity contribution in [2.24, 2.45) is 7.05 Å². The second-order valence-electron chi connectivity index (χ2n) is 4.87. The maximum atomic E-state index is 12.4. The molecule has 0 amide bonds. The van der Waals surface area contributed by atoms with Crippen LogP contribution in [-0.2, 0) is 7.05 Å². The van der Waals surface area contributed by atoms with Gasteiger partial charge in [0.05, 0.1) is 5.52 Å². The highest BCUT2D eigenvalue weighted by atomic mass is 16.3. The van der Waals surface area contributed by atoms with E-state index in [2.05, 4.69) is 0 Å². The van der Waals surface area contributed by atoms with E-state index in [0.29, 0.717) is 22.0 Å². The summed E-state index contributed by atoms with van der Waals surface area (Å²) in [6, 6.07) is 10.5. The van der Waals surface area contributed by atoms with Crippen molar-refractivity contribution < 1.29 is 15.3 Å². The number of benzene rings is 2. The second kappa shape index (κ2) is 4.56. The molecule has 0 fully saturated rings. The van der Waals surface area contributed by atoms with Gasteiger partial charge in [0.2, 0.25) is 0 Å². The maximum Gasteiger partial charge on any atom is 0.258 e. The lowest BCUT2D eigenvalue weighted by molar-refractivity contribution is 0.454. The van der Waals surface area contributed by atoms with E-state index < -0.39 is 0 Å². The Bertz CT molecular complexity index is 895. The number of aromatic nitrogens is 1. The van der Waals surface area contributed by atoms with Gasteiger partial charge in [0.15, 0.2) is 0 Å². The Morgan fingerprint density at radius 1 is 0.905 bits per heavy atom. The van der Waals surface area contributed by atoms with Crippen LogP contribution in [0, 0.1) is 0 Å². The van der Waals surface area contributed by atoms with Crippen LogP contribution in [0.25, 0.3) is 22.0 Å². The predicted octanol–water partition coefficient (Wildman–Crippen LogP) is 2.32. The summed E-state index contributed by atoms with van der Waals surface area (Å²) in [6.07, 6.45) is 0. The quantitative estimate of drug-likeness (QED) is 0.640. The molecule has 0 radical (unpaired) electrons. The fourth-order valence-corrected chi connectivity index (χ4v) is 2.38. The molecular weight excluding hydrogens is 270 g/mol. The first-order chi connectivity index (χ1) is 9.97. The van der Waals surface area contributed by atoms with Crippen LogP contribution in [0.1, 0.15) is 0 Å². The average Bonchev–Trinajstić information content (AvgIpc) is 2.44. The zero-order valence-electron chi connectivity index (χ0n) is 11.2. The minimum absolute atomic E-state index is 0.0966. The third kappa shape index (κ3) is 2.08. The lowest BCUT2D eigenvalue weighted by Gasteiger charge is -2.11. The molecule has 3 aromatic rings. The van der Waals surface area contributed by atoms with Crippen LogP contribution >= 0.6 is 0 Å². The number of phenols is 3. The first kappa shape index (κ1) is 13.1. The Morgan fingerprint density at radius 2 is 1.57 bits per heavy atom. The van der Waals surface area contributed by atoms with Gasteiger partial charge in [-0.2, -0.15) is 0 Å². The van der Waals surface area contributed by atoms with Gasteiger partial charge in [-0.3, -0.25) is 4.79 Å². The number of aromatic hydroxyl groups is 3. The van der Waals surface area contributed by atoms with Crippen LogP contribution < -0.4 is 5.56 Å². The van der Waals surface area contributed by atoms with Crippen molar-refractivity contribution in [1.29, 1.82) is 0 Å². The molecule has 0 aliphatic heterocycles. The van der Waals surface area contributed by atoms with Crippen LogP contribution in [0.4, 0.5) is 0 Å². The third-order valence-electron chi connectivity index (χ3n) is 3.48. The molecule has 0 aliphatic rings. The summed E-state index contributed by atoms with van der Waals surface area (Å²) in [7, 11) is 1.58. The van der Waals surface area contributed by atoms with E-state index in [1.807, 2.05) is 0 Å². The minimum Gasteiger partial charge on any atom is -0.508 e. The van der Waals surface area contributed by atoms with Crippen LogP contribution in [0.3, 0.4) is 0 Å². The van der Waals surface area contributed by atoms with Gasteiger partial charge in [0, 0.05) is 30.1 Å². The van der Waals surface area contributed by atoms with Crippen LogP contribution in [0.5, 0.6) is 17.2 Å². The van der Waals surface area contributed by atoms with E-state index in [0.717, 1.165) is 0 Å². The largest absolute Gasteiger partial charge is 0.508 e. The van der Waals surface area contributed by atoms with E-state index in [1.165, 1.54) is 28.8 Å². The summed E-state index contributed by atoms with van der Waals surface area (Å²) in [5, 5.41) is 29.3. The summed E-state index contributed by atoms with van der Waals surface area (Å²) >= 11 is 0. The molecule has 5 nitrogen and oxygen atoms in total. The smallest absolute Gasteiger partial charge is 0.258 e. The van der Waals surface area contributed by atoms with Gasteiger partial charge < -0.3 is 19.9 Å². The van der Waals surface area contributed by atoms with E-state index in [1.54, 1.807) is 25.2 Å². The summed E-state index contributed by atoms with van der Waals surface area (Å²) in [5.74, 6) is -0.0860. The summed E-state index contributed by atoms with van der Waals surface area (Å²) in [6.45, 7) is 0. The Morgan fingerprint density at radius 3 is 2.24 bits per heavy atom. The fraction of sp³-hybridized carbons (Fsp3) is 0.0625. The molecule has 5 heteroatoms. The zero-order valence-corrected chi connectivity index (χ0v) is 11.2. The predicted molar refractivity (Wildman–Crippen MR) is 79.6 cm³/mol. The Hall–Kier alpha value is -2.95. The molecular formula is C16H13NO4. The molecule has 3 N–H and O–H groups in total. The maximum absolute atomic E-state index is 12.4. The first-order valence-electron chi connectivity index (χ1n) is 6.32. The van der Waals surface area contributed by atoms with E-state index in [-0.39, 0.29) is 22.8 Å². The number of rotatable bonds is 1. The number of nitrogens with zero attached hydrogens (tertiary/aromatic N) is 1. The number of fused-ring (bicyclic) bond motifs is 1. The molecule has 1 aromatic heterocycles. The molecule has 0 saturated carbocycles. The molecule has 0 atom stereocenters. The molecule has 0 bridgehead atoms. The van der Waals surface area contributed by atoms with Crippen LogP contribution in [0.2, 0.25) is 0 Å². The lowest BCUT2D eigenvalue weighted by atomic mass is 10.0. The lowest BCUT2D eigenvalue weighted by Crippen LogP contribution is -2.18. The van der Waals surface area contributed by atoms with Crippen molar-refractivity contribution >= 4 is 10.9 Å². The van der Waals surface area contributed by atoms with Gasteiger partial charge in [0.1, 0.15) is 17.2 Å². The number of hydrogen-bond acceptors (Lipinski definition) is 4. The topological polar surface area (TPSA) is 82.7 Å². The highest BCUT2D eigenvalue weighted by molar-refractivity contribution is 5.90. The molecule has 3 rings (SSSR count). The monoisotopic (exact) mass is 283 g/mol. The van der Waals surface area contributed by atoms with Gasteiger partial charge in [-0.25, -0.2) is 0 Å². The van der Waals surface area contributed by atoms with E-state index in [4.69, 9.17) is 0 Å². The second-order valence-corrected chi connectivity index (χ2v) is 4.87. The van der Waals surface area contributed by atoms with Gasteiger partial charge in [-0.15, -0.1) is 0 Å². The average molecular weight is 283 g/mol. The molecule has 2 aromatic carbocycles. The number of aryl methyl sites for hydroxylation is 1.